The highest BCUT2D eigenvalue weighted by Gasteiger charge is 2.36. The van der Waals surface area contributed by atoms with Gasteiger partial charge in [0, 0.05) is 31.8 Å². The maximum Gasteiger partial charge on any atom is 0.0506 e. The minimum Gasteiger partial charge on any atom is -0.381 e. The quantitative estimate of drug-likeness (QED) is 0.814. The standard InChI is InChI=1S/C18H36N2O/c1-17(2,3)19-14-18(9-5-6-10-18)15-20(4)12-16-8-7-11-21-13-16/h16,19H,5-15H2,1-4H3. The van der Waals surface area contributed by atoms with E-state index >= 15 is 0 Å². The molecule has 0 aromatic heterocycles. The van der Waals surface area contributed by atoms with Gasteiger partial charge in [-0.15, -0.1) is 0 Å². The predicted molar refractivity (Wildman–Crippen MR) is 89.7 cm³/mol. The minimum atomic E-state index is 0.228. The molecule has 2 fully saturated rings. The Morgan fingerprint density at radius 2 is 1.90 bits per heavy atom. The molecule has 1 N–H and O–H groups in total. The normalized spacial score (nSPS) is 26.4. The summed E-state index contributed by atoms with van der Waals surface area (Å²) < 4.78 is 5.63. The van der Waals surface area contributed by atoms with Crippen LogP contribution in [0.5, 0.6) is 0 Å². The van der Waals surface area contributed by atoms with Crippen molar-refractivity contribution >= 4 is 0 Å². The maximum absolute atomic E-state index is 5.63. The van der Waals surface area contributed by atoms with Crippen molar-refractivity contribution < 1.29 is 4.74 Å². The summed E-state index contributed by atoms with van der Waals surface area (Å²) >= 11 is 0. The third-order valence-corrected chi connectivity index (χ3v) is 5.09. The highest BCUT2D eigenvalue weighted by Crippen LogP contribution is 2.38. The maximum atomic E-state index is 5.63. The van der Waals surface area contributed by atoms with Crippen LogP contribution in [0.2, 0.25) is 0 Å². The predicted octanol–water partition coefficient (Wildman–Crippen LogP) is 3.29. The van der Waals surface area contributed by atoms with Gasteiger partial charge in [-0.05, 0) is 64.8 Å². The highest BCUT2D eigenvalue weighted by molar-refractivity contribution is 4.91. The first-order valence-corrected chi connectivity index (χ1v) is 8.90. The van der Waals surface area contributed by atoms with Crippen LogP contribution in [0.25, 0.3) is 0 Å². The summed E-state index contributed by atoms with van der Waals surface area (Å²) in [6.45, 7) is 12.4. The molecule has 1 saturated heterocycles. The number of hydrogen-bond acceptors (Lipinski definition) is 3. The van der Waals surface area contributed by atoms with Crippen LogP contribution in [0.4, 0.5) is 0 Å². The molecular formula is C18H36N2O. The molecule has 1 saturated carbocycles. The van der Waals surface area contributed by atoms with Crippen molar-refractivity contribution in [1.29, 1.82) is 0 Å². The van der Waals surface area contributed by atoms with Crippen LogP contribution in [0, 0.1) is 11.3 Å². The van der Waals surface area contributed by atoms with E-state index in [1.165, 1.54) is 58.2 Å². The lowest BCUT2D eigenvalue weighted by Crippen LogP contribution is -2.48. The fraction of sp³-hybridized carbons (Fsp3) is 1.00. The molecule has 2 aliphatic rings. The number of nitrogens with zero attached hydrogens (tertiary/aromatic N) is 1. The second kappa shape index (κ2) is 7.43. The van der Waals surface area contributed by atoms with E-state index in [2.05, 4.69) is 38.0 Å². The van der Waals surface area contributed by atoms with Gasteiger partial charge in [-0.3, -0.25) is 0 Å². The summed E-state index contributed by atoms with van der Waals surface area (Å²) in [5.74, 6) is 0.748. The van der Waals surface area contributed by atoms with Gasteiger partial charge >= 0.3 is 0 Å². The molecule has 3 heteroatoms. The first-order valence-electron chi connectivity index (χ1n) is 8.90. The number of rotatable bonds is 6. The van der Waals surface area contributed by atoms with Crippen molar-refractivity contribution in [3.63, 3.8) is 0 Å². The first-order chi connectivity index (χ1) is 9.89. The van der Waals surface area contributed by atoms with E-state index in [1.807, 2.05) is 0 Å². The Hall–Kier alpha value is -0.120. The number of nitrogens with one attached hydrogen (secondary N) is 1. The Balaban J connectivity index is 1.83. The van der Waals surface area contributed by atoms with Crippen LogP contribution in [-0.2, 0) is 4.74 Å². The summed E-state index contributed by atoms with van der Waals surface area (Å²) in [4.78, 5) is 2.58. The molecule has 1 aliphatic heterocycles. The zero-order chi connectivity index (χ0) is 15.3. The zero-order valence-corrected chi connectivity index (χ0v) is 14.7. The van der Waals surface area contributed by atoms with Crippen molar-refractivity contribution in [2.24, 2.45) is 11.3 Å². The second-order valence-electron chi connectivity index (χ2n) is 8.59. The summed E-state index contributed by atoms with van der Waals surface area (Å²) in [6, 6.07) is 0. The molecule has 2 rings (SSSR count). The molecule has 0 spiro atoms. The molecule has 0 bridgehead atoms. The van der Waals surface area contributed by atoms with E-state index in [0.29, 0.717) is 5.41 Å². The molecular weight excluding hydrogens is 260 g/mol. The van der Waals surface area contributed by atoms with Crippen LogP contribution < -0.4 is 5.32 Å². The molecule has 0 amide bonds. The number of ether oxygens (including phenoxy) is 1. The lowest BCUT2D eigenvalue weighted by molar-refractivity contribution is 0.0351. The Labute approximate surface area is 131 Å². The Kier molecular flexibility index (Phi) is 6.10. The fourth-order valence-electron chi connectivity index (χ4n) is 4.00. The topological polar surface area (TPSA) is 24.5 Å². The minimum absolute atomic E-state index is 0.228. The van der Waals surface area contributed by atoms with Gasteiger partial charge in [-0.25, -0.2) is 0 Å². The van der Waals surface area contributed by atoms with E-state index in [-0.39, 0.29) is 5.54 Å². The Morgan fingerprint density at radius 1 is 1.19 bits per heavy atom. The summed E-state index contributed by atoms with van der Waals surface area (Å²) in [6.07, 6.45) is 8.19. The van der Waals surface area contributed by atoms with Crippen molar-refractivity contribution in [2.75, 3.05) is 39.9 Å². The molecule has 1 atom stereocenters. The average Bonchev–Trinajstić information content (AvgIpc) is 2.86. The molecule has 0 radical (unpaired) electrons. The van der Waals surface area contributed by atoms with Gasteiger partial charge in [-0.2, -0.15) is 0 Å². The largest absolute Gasteiger partial charge is 0.381 e. The summed E-state index contributed by atoms with van der Waals surface area (Å²) in [7, 11) is 2.31. The van der Waals surface area contributed by atoms with Gasteiger partial charge in [0.25, 0.3) is 0 Å². The third kappa shape index (κ3) is 5.88. The van der Waals surface area contributed by atoms with Gasteiger partial charge in [-0.1, -0.05) is 12.8 Å². The SMILES string of the molecule is CN(CC1CCCOC1)CC1(CNC(C)(C)C)CCCC1. The highest BCUT2D eigenvalue weighted by atomic mass is 16.5. The Morgan fingerprint density at radius 3 is 2.48 bits per heavy atom. The van der Waals surface area contributed by atoms with Gasteiger partial charge in [0.1, 0.15) is 0 Å². The van der Waals surface area contributed by atoms with Gasteiger partial charge in [0.15, 0.2) is 0 Å². The van der Waals surface area contributed by atoms with E-state index < -0.39 is 0 Å². The lowest BCUT2D eigenvalue weighted by Gasteiger charge is -2.38. The van der Waals surface area contributed by atoms with Gasteiger partial charge in [0.2, 0.25) is 0 Å². The van der Waals surface area contributed by atoms with E-state index in [4.69, 9.17) is 4.74 Å². The monoisotopic (exact) mass is 296 g/mol. The first kappa shape index (κ1) is 17.2. The summed E-state index contributed by atoms with van der Waals surface area (Å²) in [5.41, 5.74) is 0.725. The van der Waals surface area contributed by atoms with Gasteiger partial charge in [0.05, 0.1) is 6.61 Å². The van der Waals surface area contributed by atoms with Crippen molar-refractivity contribution in [3.05, 3.63) is 0 Å². The van der Waals surface area contributed by atoms with E-state index in [9.17, 15) is 0 Å². The van der Waals surface area contributed by atoms with Crippen LogP contribution in [0.3, 0.4) is 0 Å². The molecule has 21 heavy (non-hydrogen) atoms. The van der Waals surface area contributed by atoms with Gasteiger partial charge < -0.3 is 15.0 Å². The smallest absolute Gasteiger partial charge is 0.0506 e. The Bertz CT molecular complexity index is 299. The average molecular weight is 296 g/mol. The molecule has 1 unspecified atom stereocenters. The summed E-state index contributed by atoms with van der Waals surface area (Å²) in [5, 5.41) is 3.76. The van der Waals surface area contributed by atoms with Crippen LogP contribution in [0.1, 0.15) is 59.3 Å². The molecule has 0 aromatic rings. The molecule has 3 nitrogen and oxygen atoms in total. The lowest BCUT2D eigenvalue weighted by atomic mass is 9.84. The zero-order valence-electron chi connectivity index (χ0n) is 14.7. The van der Waals surface area contributed by atoms with E-state index in [0.717, 1.165) is 19.1 Å². The number of hydrogen-bond donors (Lipinski definition) is 1. The molecule has 1 aliphatic carbocycles. The molecule has 1 heterocycles. The van der Waals surface area contributed by atoms with Crippen molar-refractivity contribution in [1.82, 2.24) is 10.2 Å². The van der Waals surface area contributed by atoms with Crippen molar-refractivity contribution in [3.8, 4) is 0 Å². The van der Waals surface area contributed by atoms with Crippen LogP contribution in [-0.4, -0.2) is 50.3 Å². The fourth-order valence-corrected chi connectivity index (χ4v) is 4.00. The molecule has 124 valence electrons. The third-order valence-electron chi connectivity index (χ3n) is 5.09. The molecule has 0 aromatic carbocycles. The van der Waals surface area contributed by atoms with Crippen LogP contribution >= 0.6 is 0 Å². The second-order valence-corrected chi connectivity index (χ2v) is 8.59. The van der Waals surface area contributed by atoms with Crippen molar-refractivity contribution in [2.45, 2.75) is 64.8 Å². The van der Waals surface area contributed by atoms with Crippen LogP contribution in [0.15, 0.2) is 0 Å². The van der Waals surface area contributed by atoms with E-state index in [1.54, 1.807) is 0 Å².